The van der Waals surface area contributed by atoms with E-state index in [9.17, 15) is 0 Å². The number of thiophene rings is 1. The Labute approximate surface area is 110 Å². The Morgan fingerprint density at radius 2 is 1.94 bits per heavy atom. The van der Waals surface area contributed by atoms with E-state index < -0.39 is 0 Å². The molecule has 2 heterocycles. The van der Waals surface area contributed by atoms with Gasteiger partial charge in [-0.3, -0.25) is 4.98 Å². The van der Waals surface area contributed by atoms with Gasteiger partial charge in [0.05, 0.1) is 5.52 Å². The topological polar surface area (TPSA) is 24.9 Å². The average Bonchev–Trinajstić information content (AvgIpc) is 2.92. The number of pyridine rings is 1. The van der Waals surface area contributed by atoms with E-state index in [1.54, 1.807) is 11.3 Å². The van der Waals surface area contributed by atoms with Crippen LogP contribution in [0.3, 0.4) is 0 Å². The van der Waals surface area contributed by atoms with Gasteiger partial charge in [-0.2, -0.15) is 0 Å². The van der Waals surface area contributed by atoms with Gasteiger partial charge < -0.3 is 5.32 Å². The summed E-state index contributed by atoms with van der Waals surface area (Å²) in [5, 5.41) is 6.78. The van der Waals surface area contributed by atoms with Crippen molar-refractivity contribution >= 4 is 22.2 Å². The fourth-order valence-electron chi connectivity index (χ4n) is 2.04. The number of para-hydroxylation sites is 1. The number of nitrogens with one attached hydrogen (secondary N) is 1. The van der Waals surface area contributed by atoms with Crippen LogP contribution in [0.5, 0.6) is 0 Å². The molecule has 90 valence electrons. The molecule has 0 aliphatic rings. The molecule has 1 aromatic carbocycles. The van der Waals surface area contributed by atoms with Gasteiger partial charge in [-0.15, -0.1) is 11.3 Å². The maximum absolute atomic E-state index is 4.46. The molecule has 0 bridgehead atoms. The highest BCUT2D eigenvalue weighted by Gasteiger charge is 2.01. The molecule has 0 aliphatic carbocycles. The van der Waals surface area contributed by atoms with Gasteiger partial charge in [0.15, 0.2) is 0 Å². The molecule has 1 N–H and O–H groups in total. The smallest absolute Gasteiger partial charge is 0.0746 e. The third-order valence-corrected chi connectivity index (χ3v) is 3.79. The highest BCUT2D eigenvalue weighted by atomic mass is 32.1. The van der Waals surface area contributed by atoms with Crippen LogP contribution in [0.15, 0.2) is 54.0 Å². The molecule has 0 unspecified atom stereocenters. The Morgan fingerprint density at radius 3 is 2.83 bits per heavy atom. The standard InChI is InChI=1S/C15H14N2S/c1-4-12-6-2-8-17-15(12)13(5-1)10-16-11-14-7-3-9-18-14/h1-9,16H,10-11H2. The second-order valence-corrected chi connectivity index (χ2v) is 5.21. The van der Waals surface area contributed by atoms with Crippen molar-refractivity contribution in [3.8, 4) is 0 Å². The van der Waals surface area contributed by atoms with E-state index in [0.717, 1.165) is 18.6 Å². The van der Waals surface area contributed by atoms with Gasteiger partial charge in [0.1, 0.15) is 0 Å². The van der Waals surface area contributed by atoms with Crippen LogP contribution in [0.4, 0.5) is 0 Å². The first-order valence-electron chi connectivity index (χ1n) is 5.99. The van der Waals surface area contributed by atoms with Crippen LogP contribution in [0, 0.1) is 0 Å². The third kappa shape index (κ3) is 2.42. The summed E-state index contributed by atoms with van der Waals surface area (Å²) in [5.41, 5.74) is 2.35. The summed E-state index contributed by atoms with van der Waals surface area (Å²) in [6.45, 7) is 1.77. The summed E-state index contributed by atoms with van der Waals surface area (Å²) in [7, 11) is 0. The van der Waals surface area contributed by atoms with Crippen molar-refractivity contribution in [2.45, 2.75) is 13.1 Å². The van der Waals surface area contributed by atoms with Crippen LogP contribution in [0.2, 0.25) is 0 Å². The zero-order chi connectivity index (χ0) is 12.2. The monoisotopic (exact) mass is 254 g/mol. The molecule has 0 saturated carbocycles. The fraction of sp³-hybridized carbons (Fsp3) is 0.133. The maximum Gasteiger partial charge on any atom is 0.0746 e. The summed E-state index contributed by atoms with van der Waals surface area (Å²) < 4.78 is 0. The Bertz CT molecular complexity index is 627. The zero-order valence-corrected chi connectivity index (χ0v) is 10.8. The van der Waals surface area contributed by atoms with Crippen LogP contribution < -0.4 is 5.32 Å². The summed E-state index contributed by atoms with van der Waals surface area (Å²) in [6, 6.07) is 14.6. The molecule has 0 amide bonds. The molecule has 3 heteroatoms. The molecule has 0 radical (unpaired) electrons. The van der Waals surface area contributed by atoms with Gasteiger partial charge in [-0.25, -0.2) is 0 Å². The van der Waals surface area contributed by atoms with Gasteiger partial charge in [-0.05, 0) is 23.1 Å². The van der Waals surface area contributed by atoms with Crippen LogP contribution >= 0.6 is 11.3 Å². The third-order valence-electron chi connectivity index (χ3n) is 2.91. The van der Waals surface area contributed by atoms with E-state index >= 15 is 0 Å². The molecule has 0 spiro atoms. The van der Waals surface area contributed by atoms with Crippen molar-refractivity contribution in [3.05, 3.63) is 64.5 Å². The van der Waals surface area contributed by atoms with Crippen molar-refractivity contribution in [2.75, 3.05) is 0 Å². The molecule has 3 aromatic rings. The molecule has 3 rings (SSSR count). The van der Waals surface area contributed by atoms with Crippen LogP contribution in [0.25, 0.3) is 10.9 Å². The second-order valence-electron chi connectivity index (χ2n) is 4.18. The molecule has 2 nitrogen and oxygen atoms in total. The van der Waals surface area contributed by atoms with Crippen molar-refractivity contribution in [2.24, 2.45) is 0 Å². The van der Waals surface area contributed by atoms with E-state index in [1.165, 1.54) is 15.8 Å². The van der Waals surface area contributed by atoms with Gasteiger partial charge in [0.25, 0.3) is 0 Å². The summed E-state index contributed by atoms with van der Waals surface area (Å²) in [6.07, 6.45) is 1.85. The molecule has 0 saturated heterocycles. The van der Waals surface area contributed by atoms with Gasteiger partial charge in [0, 0.05) is 29.5 Å². The van der Waals surface area contributed by atoms with Crippen molar-refractivity contribution in [1.29, 1.82) is 0 Å². The zero-order valence-electron chi connectivity index (χ0n) is 9.97. The molecule has 18 heavy (non-hydrogen) atoms. The lowest BCUT2D eigenvalue weighted by Gasteiger charge is -2.06. The first-order chi connectivity index (χ1) is 8.93. The van der Waals surface area contributed by atoms with Crippen molar-refractivity contribution in [1.82, 2.24) is 10.3 Å². The SMILES string of the molecule is c1csc(CNCc2cccc3cccnc23)c1. The largest absolute Gasteiger partial charge is 0.308 e. The quantitative estimate of drug-likeness (QED) is 0.769. The van der Waals surface area contributed by atoms with Crippen molar-refractivity contribution < 1.29 is 0 Å². The number of hydrogen-bond acceptors (Lipinski definition) is 3. The maximum atomic E-state index is 4.46. The first kappa shape index (κ1) is 11.4. The van der Waals surface area contributed by atoms with Crippen molar-refractivity contribution in [3.63, 3.8) is 0 Å². The van der Waals surface area contributed by atoms with E-state index in [-0.39, 0.29) is 0 Å². The van der Waals surface area contributed by atoms with E-state index in [0.29, 0.717) is 0 Å². The summed E-state index contributed by atoms with van der Waals surface area (Å²) in [5.74, 6) is 0. The normalized spacial score (nSPS) is 10.9. The summed E-state index contributed by atoms with van der Waals surface area (Å²) in [4.78, 5) is 5.82. The number of fused-ring (bicyclic) bond motifs is 1. The predicted octanol–water partition coefficient (Wildman–Crippen LogP) is 3.59. The molecule has 2 aromatic heterocycles. The van der Waals surface area contributed by atoms with Crippen LogP contribution in [-0.2, 0) is 13.1 Å². The highest BCUT2D eigenvalue weighted by molar-refractivity contribution is 7.09. The molecular weight excluding hydrogens is 240 g/mol. The Balaban J connectivity index is 1.74. The van der Waals surface area contributed by atoms with Crippen LogP contribution in [-0.4, -0.2) is 4.98 Å². The lowest BCUT2D eigenvalue weighted by atomic mass is 10.1. The van der Waals surface area contributed by atoms with E-state index in [1.807, 2.05) is 12.3 Å². The number of rotatable bonds is 4. The lowest BCUT2D eigenvalue weighted by Crippen LogP contribution is -2.12. The highest BCUT2D eigenvalue weighted by Crippen LogP contribution is 2.16. The molecule has 0 fully saturated rings. The average molecular weight is 254 g/mol. The Morgan fingerprint density at radius 1 is 1.00 bits per heavy atom. The Hall–Kier alpha value is -1.71. The fourth-order valence-corrected chi connectivity index (χ4v) is 2.72. The number of nitrogens with zero attached hydrogens (tertiary/aromatic N) is 1. The lowest BCUT2D eigenvalue weighted by molar-refractivity contribution is 0.703. The minimum absolute atomic E-state index is 0.853. The Kier molecular flexibility index (Phi) is 3.35. The number of benzene rings is 1. The van der Waals surface area contributed by atoms with E-state index in [4.69, 9.17) is 0 Å². The van der Waals surface area contributed by atoms with E-state index in [2.05, 4.69) is 52.1 Å². The number of aromatic nitrogens is 1. The molecular formula is C15H14N2S. The van der Waals surface area contributed by atoms with Crippen LogP contribution in [0.1, 0.15) is 10.4 Å². The number of hydrogen-bond donors (Lipinski definition) is 1. The second kappa shape index (κ2) is 5.29. The van der Waals surface area contributed by atoms with Gasteiger partial charge in [-0.1, -0.05) is 30.3 Å². The molecule has 0 atom stereocenters. The van der Waals surface area contributed by atoms with Gasteiger partial charge in [0.2, 0.25) is 0 Å². The minimum Gasteiger partial charge on any atom is -0.308 e. The first-order valence-corrected chi connectivity index (χ1v) is 6.87. The predicted molar refractivity (Wildman–Crippen MR) is 76.6 cm³/mol. The van der Waals surface area contributed by atoms with Gasteiger partial charge >= 0.3 is 0 Å². The summed E-state index contributed by atoms with van der Waals surface area (Å²) >= 11 is 1.78. The minimum atomic E-state index is 0.853. The molecule has 0 aliphatic heterocycles.